The summed E-state index contributed by atoms with van der Waals surface area (Å²) in [5.41, 5.74) is -0.0482. The number of carbonyl (C=O) groups is 1. The Bertz CT molecular complexity index is 349. The minimum Gasteiger partial charge on any atom is -0.476 e. The van der Waals surface area contributed by atoms with E-state index in [1.165, 1.54) is 6.07 Å². The third kappa shape index (κ3) is 3.34. The van der Waals surface area contributed by atoms with Gasteiger partial charge in [-0.3, -0.25) is 0 Å². The molecule has 2 unspecified atom stereocenters. The Labute approximate surface area is 94.8 Å². The Balaban J connectivity index is 2.45. The molecule has 0 aliphatic heterocycles. The first-order chi connectivity index (χ1) is 7.54. The second kappa shape index (κ2) is 5.65. The average molecular weight is 226 g/mol. The van der Waals surface area contributed by atoms with Gasteiger partial charge in [0, 0.05) is 12.1 Å². The molecule has 0 aliphatic rings. The van der Waals surface area contributed by atoms with Crippen molar-refractivity contribution in [3.63, 3.8) is 0 Å². The van der Waals surface area contributed by atoms with Gasteiger partial charge in [0.2, 0.25) is 0 Å². The zero-order valence-electron chi connectivity index (χ0n) is 9.86. The third-order valence-electron chi connectivity index (χ3n) is 2.87. The molecular weight excluding hydrogens is 208 g/mol. The van der Waals surface area contributed by atoms with Crippen molar-refractivity contribution in [1.29, 1.82) is 0 Å². The van der Waals surface area contributed by atoms with Crippen LogP contribution in [0, 0.1) is 5.92 Å². The minimum absolute atomic E-state index is 0.0482. The molecule has 1 aromatic heterocycles. The van der Waals surface area contributed by atoms with Gasteiger partial charge in [-0.25, -0.2) is 4.79 Å². The van der Waals surface area contributed by atoms with Gasteiger partial charge in [-0.1, -0.05) is 25.4 Å². The quantitative estimate of drug-likeness (QED) is 0.774. The van der Waals surface area contributed by atoms with Crippen LogP contribution in [0.2, 0.25) is 0 Å². The molecule has 0 saturated carbocycles. The number of rotatable bonds is 6. The van der Waals surface area contributed by atoms with Crippen LogP contribution < -0.4 is 5.32 Å². The zero-order valence-corrected chi connectivity index (χ0v) is 9.86. The first-order valence-electron chi connectivity index (χ1n) is 5.46. The molecule has 5 nitrogen and oxygen atoms in total. The fourth-order valence-corrected chi connectivity index (χ4v) is 1.31. The fourth-order valence-electron chi connectivity index (χ4n) is 1.31. The van der Waals surface area contributed by atoms with Crippen molar-refractivity contribution in [3.8, 4) is 0 Å². The maximum Gasteiger partial charge on any atom is 0.358 e. The van der Waals surface area contributed by atoms with Gasteiger partial charge in [-0.15, -0.1) is 0 Å². The summed E-state index contributed by atoms with van der Waals surface area (Å²) < 4.78 is 4.90. The van der Waals surface area contributed by atoms with Crippen LogP contribution in [0.25, 0.3) is 0 Å². The van der Waals surface area contributed by atoms with E-state index in [1.807, 2.05) is 0 Å². The topological polar surface area (TPSA) is 75.4 Å². The van der Waals surface area contributed by atoms with Crippen molar-refractivity contribution in [1.82, 2.24) is 10.5 Å². The summed E-state index contributed by atoms with van der Waals surface area (Å²) in [5.74, 6) is 0.0550. The Morgan fingerprint density at radius 3 is 2.81 bits per heavy atom. The molecule has 1 rings (SSSR count). The van der Waals surface area contributed by atoms with Gasteiger partial charge in [0.25, 0.3) is 0 Å². The van der Waals surface area contributed by atoms with Gasteiger partial charge < -0.3 is 14.9 Å². The van der Waals surface area contributed by atoms with Crippen LogP contribution in [-0.4, -0.2) is 22.3 Å². The van der Waals surface area contributed by atoms with Crippen molar-refractivity contribution < 1.29 is 14.4 Å². The summed E-state index contributed by atoms with van der Waals surface area (Å²) in [5, 5.41) is 15.4. The van der Waals surface area contributed by atoms with E-state index in [2.05, 4.69) is 31.2 Å². The van der Waals surface area contributed by atoms with Crippen LogP contribution in [0.15, 0.2) is 10.6 Å². The van der Waals surface area contributed by atoms with Gasteiger partial charge >= 0.3 is 5.97 Å². The predicted octanol–water partition coefficient (Wildman–Crippen LogP) is 1.90. The molecule has 0 aliphatic carbocycles. The summed E-state index contributed by atoms with van der Waals surface area (Å²) in [4.78, 5) is 10.6. The van der Waals surface area contributed by atoms with Crippen LogP contribution in [-0.2, 0) is 6.54 Å². The van der Waals surface area contributed by atoms with E-state index >= 15 is 0 Å². The standard InChI is InChI=1S/C11H18N2O3/c1-4-7(2)8(3)12-6-9-5-10(11(14)15)13-16-9/h5,7-8,12H,4,6H2,1-3H3,(H,14,15). The second-order valence-electron chi connectivity index (χ2n) is 4.04. The average Bonchev–Trinajstić information content (AvgIpc) is 2.73. The van der Waals surface area contributed by atoms with Gasteiger partial charge in [0.15, 0.2) is 11.5 Å². The molecule has 0 fully saturated rings. The molecule has 1 heterocycles. The Morgan fingerprint density at radius 1 is 1.62 bits per heavy atom. The fraction of sp³-hybridized carbons (Fsp3) is 0.636. The highest BCUT2D eigenvalue weighted by Crippen LogP contribution is 2.09. The van der Waals surface area contributed by atoms with Gasteiger partial charge in [0.05, 0.1) is 6.54 Å². The van der Waals surface area contributed by atoms with Crippen molar-refractivity contribution in [2.24, 2.45) is 5.92 Å². The smallest absolute Gasteiger partial charge is 0.358 e. The third-order valence-corrected chi connectivity index (χ3v) is 2.87. The Kier molecular flexibility index (Phi) is 4.49. The van der Waals surface area contributed by atoms with Crippen LogP contribution in [0.1, 0.15) is 43.4 Å². The van der Waals surface area contributed by atoms with Crippen LogP contribution in [0.4, 0.5) is 0 Å². The van der Waals surface area contributed by atoms with E-state index in [4.69, 9.17) is 9.63 Å². The second-order valence-corrected chi connectivity index (χ2v) is 4.04. The Hall–Kier alpha value is -1.36. The molecule has 2 atom stereocenters. The summed E-state index contributed by atoms with van der Waals surface area (Å²) in [6.07, 6.45) is 1.10. The Morgan fingerprint density at radius 2 is 2.31 bits per heavy atom. The van der Waals surface area contributed by atoms with Gasteiger partial charge in [-0.2, -0.15) is 0 Å². The molecule has 0 spiro atoms. The van der Waals surface area contributed by atoms with E-state index < -0.39 is 5.97 Å². The summed E-state index contributed by atoms with van der Waals surface area (Å²) in [7, 11) is 0. The van der Waals surface area contributed by atoms with Crippen LogP contribution in [0.5, 0.6) is 0 Å². The highest BCUT2D eigenvalue weighted by Gasteiger charge is 2.13. The SMILES string of the molecule is CCC(C)C(C)NCc1cc(C(=O)O)no1. The number of nitrogens with one attached hydrogen (secondary N) is 1. The highest BCUT2D eigenvalue weighted by atomic mass is 16.5. The lowest BCUT2D eigenvalue weighted by atomic mass is 10.0. The van der Waals surface area contributed by atoms with E-state index in [1.54, 1.807) is 0 Å². The molecule has 0 radical (unpaired) electrons. The lowest BCUT2D eigenvalue weighted by Crippen LogP contribution is -2.31. The van der Waals surface area contributed by atoms with E-state index in [0.717, 1.165) is 6.42 Å². The number of carboxylic acid groups (broad SMARTS) is 1. The summed E-state index contributed by atoms with van der Waals surface area (Å²) >= 11 is 0. The molecule has 0 amide bonds. The van der Waals surface area contributed by atoms with Crippen molar-refractivity contribution in [2.45, 2.75) is 39.8 Å². The molecule has 0 bridgehead atoms. The van der Waals surface area contributed by atoms with E-state index in [-0.39, 0.29) is 5.69 Å². The van der Waals surface area contributed by atoms with Gasteiger partial charge in [0.1, 0.15) is 0 Å². The van der Waals surface area contributed by atoms with Crippen molar-refractivity contribution in [3.05, 3.63) is 17.5 Å². The summed E-state index contributed by atoms with van der Waals surface area (Å²) in [6.45, 7) is 6.91. The highest BCUT2D eigenvalue weighted by molar-refractivity contribution is 5.85. The predicted molar refractivity (Wildman–Crippen MR) is 59.2 cm³/mol. The van der Waals surface area contributed by atoms with E-state index in [0.29, 0.717) is 24.3 Å². The summed E-state index contributed by atoms with van der Waals surface area (Å²) in [6, 6.07) is 1.81. The van der Waals surface area contributed by atoms with Crippen LogP contribution >= 0.6 is 0 Å². The van der Waals surface area contributed by atoms with Crippen molar-refractivity contribution >= 4 is 5.97 Å². The lowest BCUT2D eigenvalue weighted by Gasteiger charge is -2.18. The van der Waals surface area contributed by atoms with Gasteiger partial charge in [-0.05, 0) is 12.8 Å². The first kappa shape index (κ1) is 12.7. The molecule has 16 heavy (non-hydrogen) atoms. The monoisotopic (exact) mass is 226 g/mol. The number of nitrogens with zero attached hydrogens (tertiary/aromatic N) is 1. The number of aromatic carboxylic acids is 1. The molecule has 0 aromatic carbocycles. The minimum atomic E-state index is -1.06. The molecule has 0 saturated heterocycles. The van der Waals surface area contributed by atoms with E-state index in [9.17, 15) is 4.79 Å². The molecule has 90 valence electrons. The maximum absolute atomic E-state index is 10.6. The van der Waals surface area contributed by atoms with Crippen LogP contribution in [0.3, 0.4) is 0 Å². The zero-order chi connectivity index (χ0) is 12.1. The molecule has 5 heteroatoms. The maximum atomic E-state index is 10.6. The number of aromatic nitrogens is 1. The number of hydrogen-bond acceptors (Lipinski definition) is 4. The number of carboxylic acids is 1. The number of hydrogen-bond donors (Lipinski definition) is 2. The first-order valence-corrected chi connectivity index (χ1v) is 5.46. The molecule has 1 aromatic rings. The lowest BCUT2D eigenvalue weighted by molar-refractivity contribution is 0.0685. The van der Waals surface area contributed by atoms with Crippen molar-refractivity contribution in [2.75, 3.05) is 0 Å². The normalized spacial score (nSPS) is 14.7. The molecule has 2 N–H and O–H groups in total. The molecular formula is C11H18N2O3. The largest absolute Gasteiger partial charge is 0.476 e.